The first-order chi connectivity index (χ1) is 14.9. The molecule has 0 N–H and O–H groups in total. The average Bonchev–Trinajstić information content (AvgIpc) is 2.82. The fraction of sp³-hybridized carbons (Fsp3) is 0.161. The van der Waals surface area contributed by atoms with Crippen LogP contribution in [0.2, 0.25) is 0 Å². The van der Waals surface area contributed by atoms with Gasteiger partial charge in [-0.15, -0.1) is 0 Å². The van der Waals surface area contributed by atoms with Crippen LogP contribution < -0.4 is 0 Å². The van der Waals surface area contributed by atoms with Crippen molar-refractivity contribution < 1.29 is 0 Å². The smallest absolute Gasteiger partial charge is 0.0143 e. The predicted octanol–water partition coefficient (Wildman–Crippen LogP) is 8.20. The third-order valence-electron chi connectivity index (χ3n) is 6.17. The van der Waals surface area contributed by atoms with Crippen molar-refractivity contribution in [3.05, 3.63) is 131 Å². The van der Waals surface area contributed by atoms with Gasteiger partial charge in [-0.3, -0.25) is 0 Å². The molecule has 0 heteroatoms. The van der Waals surface area contributed by atoms with E-state index in [-0.39, 0.29) is 7.43 Å². The van der Waals surface area contributed by atoms with Crippen LogP contribution in [-0.2, 0) is 25.7 Å². The summed E-state index contributed by atoms with van der Waals surface area (Å²) < 4.78 is 0. The summed E-state index contributed by atoms with van der Waals surface area (Å²) in [6, 6.07) is 39.7. The van der Waals surface area contributed by atoms with E-state index < -0.39 is 0 Å². The van der Waals surface area contributed by atoms with Crippen LogP contribution in [0.3, 0.4) is 0 Å². The van der Waals surface area contributed by atoms with E-state index in [9.17, 15) is 0 Å². The molecule has 0 radical (unpaired) electrons. The quantitative estimate of drug-likeness (QED) is 0.251. The molecule has 0 nitrogen and oxygen atoms in total. The van der Waals surface area contributed by atoms with Crippen molar-refractivity contribution in [3.8, 4) is 0 Å². The zero-order chi connectivity index (χ0) is 20.2. The molecule has 0 aliphatic carbocycles. The second-order valence-electron chi connectivity index (χ2n) is 8.02. The molecule has 0 saturated carbocycles. The zero-order valence-corrected chi connectivity index (χ0v) is 17.2. The molecule has 0 fully saturated rings. The lowest BCUT2D eigenvalue weighted by Crippen LogP contribution is -2.00. The van der Waals surface area contributed by atoms with Crippen molar-refractivity contribution in [1.29, 1.82) is 0 Å². The van der Waals surface area contributed by atoms with Crippen LogP contribution in [0.5, 0.6) is 0 Å². The molecule has 31 heavy (non-hydrogen) atoms. The molecule has 0 saturated heterocycles. The van der Waals surface area contributed by atoms with Crippen molar-refractivity contribution in [2.75, 3.05) is 0 Å². The van der Waals surface area contributed by atoms with E-state index in [0.717, 1.165) is 25.7 Å². The number of rotatable bonds is 6. The Balaban J connectivity index is 0.00000231. The van der Waals surface area contributed by atoms with Crippen LogP contribution in [0.1, 0.15) is 29.7 Å². The van der Waals surface area contributed by atoms with Gasteiger partial charge in [-0.1, -0.05) is 117 Å². The van der Waals surface area contributed by atoms with E-state index >= 15 is 0 Å². The Bertz CT molecular complexity index is 1110. The van der Waals surface area contributed by atoms with Gasteiger partial charge in [0, 0.05) is 0 Å². The molecule has 0 heterocycles. The number of fused-ring (bicyclic) bond motifs is 2. The molecule has 0 amide bonds. The topological polar surface area (TPSA) is 0 Å². The highest BCUT2D eigenvalue weighted by atomic mass is 14.2. The molecule has 5 aromatic carbocycles. The minimum atomic E-state index is 0. The SMILES string of the molecule is C.c1ccc(CCc2c3ccccc3c(CCc3ccccc3)c3ccccc23)cc1. The monoisotopic (exact) mass is 402 g/mol. The van der Waals surface area contributed by atoms with Crippen molar-refractivity contribution in [2.24, 2.45) is 0 Å². The maximum Gasteiger partial charge on any atom is -0.0143 e. The molecule has 0 aliphatic heterocycles. The van der Waals surface area contributed by atoms with Gasteiger partial charge in [-0.2, -0.15) is 0 Å². The van der Waals surface area contributed by atoms with Gasteiger partial charge in [-0.05, 0) is 69.5 Å². The van der Waals surface area contributed by atoms with Gasteiger partial charge in [0.05, 0.1) is 0 Å². The van der Waals surface area contributed by atoms with Gasteiger partial charge in [0.2, 0.25) is 0 Å². The van der Waals surface area contributed by atoms with Gasteiger partial charge in [0.25, 0.3) is 0 Å². The Morgan fingerprint density at radius 1 is 0.323 bits per heavy atom. The van der Waals surface area contributed by atoms with Crippen LogP contribution in [0.15, 0.2) is 109 Å². The van der Waals surface area contributed by atoms with Crippen molar-refractivity contribution >= 4 is 21.5 Å². The third kappa shape index (κ3) is 4.39. The van der Waals surface area contributed by atoms with E-state index in [2.05, 4.69) is 109 Å². The van der Waals surface area contributed by atoms with Gasteiger partial charge in [-0.25, -0.2) is 0 Å². The van der Waals surface area contributed by atoms with E-state index in [1.165, 1.54) is 43.8 Å². The number of hydrogen-bond acceptors (Lipinski definition) is 0. The fourth-order valence-electron chi connectivity index (χ4n) is 4.68. The number of hydrogen-bond donors (Lipinski definition) is 0. The predicted molar refractivity (Wildman–Crippen MR) is 136 cm³/mol. The van der Waals surface area contributed by atoms with Gasteiger partial charge in [0.1, 0.15) is 0 Å². The molecule has 0 aliphatic rings. The molecule has 5 aromatic rings. The summed E-state index contributed by atoms with van der Waals surface area (Å²) in [7, 11) is 0. The highest BCUT2D eigenvalue weighted by Crippen LogP contribution is 2.34. The van der Waals surface area contributed by atoms with Crippen molar-refractivity contribution in [3.63, 3.8) is 0 Å². The van der Waals surface area contributed by atoms with Gasteiger partial charge >= 0.3 is 0 Å². The van der Waals surface area contributed by atoms with Crippen LogP contribution >= 0.6 is 0 Å². The Kier molecular flexibility index (Phi) is 6.48. The largest absolute Gasteiger partial charge is 0.0776 e. The molecule has 0 bridgehead atoms. The summed E-state index contributed by atoms with van der Waals surface area (Å²) in [4.78, 5) is 0. The minimum absolute atomic E-state index is 0. The van der Waals surface area contributed by atoms with Gasteiger partial charge in [0.15, 0.2) is 0 Å². The first-order valence-corrected chi connectivity index (χ1v) is 10.9. The van der Waals surface area contributed by atoms with Crippen LogP contribution in [-0.4, -0.2) is 0 Å². The molecule has 0 aromatic heterocycles. The molecule has 5 rings (SSSR count). The summed E-state index contributed by atoms with van der Waals surface area (Å²) in [6.45, 7) is 0. The number of benzene rings is 5. The van der Waals surface area contributed by atoms with E-state index in [1.54, 1.807) is 0 Å². The third-order valence-corrected chi connectivity index (χ3v) is 6.17. The maximum absolute atomic E-state index is 2.31. The molecule has 154 valence electrons. The summed E-state index contributed by atoms with van der Waals surface area (Å²) in [5.41, 5.74) is 5.76. The van der Waals surface area contributed by atoms with E-state index in [4.69, 9.17) is 0 Å². The van der Waals surface area contributed by atoms with E-state index in [1.807, 2.05) is 0 Å². The highest BCUT2D eigenvalue weighted by Gasteiger charge is 2.13. The first-order valence-electron chi connectivity index (χ1n) is 10.9. The average molecular weight is 403 g/mol. The lowest BCUT2D eigenvalue weighted by atomic mass is 9.87. The second-order valence-corrected chi connectivity index (χ2v) is 8.02. The Hall–Kier alpha value is -3.38. The Morgan fingerprint density at radius 3 is 0.935 bits per heavy atom. The summed E-state index contributed by atoms with van der Waals surface area (Å²) in [6.07, 6.45) is 4.25. The lowest BCUT2D eigenvalue weighted by Gasteiger charge is -2.17. The second kappa shape index (κ2) is 9.62. The van der Waals surface area contributed by atoms with Crippen molar-refractivity contribution in [1.82, 2.24) is 0 Å². The maximum atomic E-state index is 2.31. The first kappa shape index (κ1) is 20.9. The zero-order valence-electron chi connectivity index (χ0n) is 17.2. The van der Waals surface area contributed by atoms with Gasteiger partial charge < -0.3 is 0 Å². The normalized spacial score (nSPS) is 10.8. The van der Waals surface area contributed by atoms with Crippen LogP contribution in [0, 0.1) is 0 Å². The number of aryl methyl sites for hydroxylation is 4. The highest BCUT2D eigenvalue weighted by molar-refractivity contribution is 6.05. The summed E-state index contributed by atoms with van der Waals surface area (Å²) in [5.74, 6) is 0. The minimum Gasteiger partial charge on any atom is -0.0776 e. The Labute approximate surface area is 186 Å². The molecule has 0 unspecified atom stereocenters. The lowest BCUT2D eigenvalue weighted by molar-refractivity contribution is 0.966. The summed E-state index contributed by atoms with van der Waals surface area (Å²) >= 11 is 0. The van der Waals surface area contributed by atoms with Crippen LogP contribution in [0.25, 0.3) is 21.5 Å². The van der Waals surface area contributed by atoms with E-state index in [0.29, 0.717) is 0 Å². The molecule has 0 spiro atoms. The fourth-order valence-corrected chi connectivity index (χ4v) is 4.68. The molecular formula is C31H30. The summed E-state index contributed by atoms with van der Waals surface area (Å²) in [5, 5.41) is 5.65. The Morgan fingerprint density at radius 2 is 0.613 bits per heavy atom. The van der Waals surface area contributed by atoms with Crippen LogP contribution in [0.4, 0.5) is 0 Å². The molecular weight excluding hydrogens is 372 g/mol. The standard InChI is InChI=1S/C30H26.CH4/c1-3-11-23(12-4-1)19-21-29-25-15-7-9-17-27(25)30(28-18-10-8-16-26(28)29)22-20-24-13-5-2-6-14-24;/h1-18H,19-22H2;1H4. The molecule has 0 atom stereocenters. The van der Waals surface area contributed by atoms with Crippen molar-refractivity contribution in [2.45, 2.75) is 33.1 Å².